The monoisotopic (exact) mass is 198 g/mol. The Morgan fingerprint density at radius 2 is 2.07 bits per heavy atom. The summed E-state index contributed by atoms with van der Waals surface area (Å²) in [5, 5.41) is 0. The van der Waals surface area contributed by atoms with Crippen molar-refractivity contribution in [2.45, 2.75) is 39.5 Å². The van der Waals surface area contributed by atoms with E-state index in [4.69, 9.17) is 4.74 Å². The molecule has 0 aromatic heterocycles. The minimum atomic E-state index is -0.580. The molecule has 0 aliphatic heterocycles. The van der Waals surface area contributed by atoms with E-state index in [1.807, 2.05) is 13.8 Å². The summed E-state index contributed by atoms with van der Waals surface area (Å²) in [6.45, 7) is 4.08. The van der Waals surface area contributed by atoms with Crippen LogP contribution in [0, 0.1) is 10.8 Å². The third-order valence-corrected chi connectivity index (χ3v) is 3.71. The molecule has 0 spiro atoms. The first-order valence-corrected chi connectivity index (χ1v) is 5.02. The zero-order valence-electron chi connectivity index (χ0n) is 9.13. The highest BCUT2D eigenvalue weighted by Crippen LogP contribution is 2.54. The molecule has 0 aromatic carbocycles. The normalized spacial score (nSPS) is 29.9. The first-order chi connectivity index (χ1) is 6.50. The van der Waals surface area contributed by atoms with Crippen molar-refractivity contribution in [3.8, 4) is 0 Å². The van der Waals surface area contributed by atoms with Gasteiger partial charge in [0.15, 0.2) is 0 Å². The van der Waals surface area contributed by atoms with E-state index in [0.717, 1.165) is 25.5 Å². The Bertz CT molecular complexity index is 245. The Balaban J connectivity index is 3.03. The van der Waals surface area contributed by atoms with E-state index in [0.29, 0.717) is 0 Å². The molecule has 3 heteroatoms. The Kier molecular flexibility index (Phi) is 2.98. The summed E-state index contributed by atoms with van der Waals surface area (Å²) in [4.78, 5) is 22.4. The molecule has 1 rings (SSSR count). The molecule has 3 nitrogen and oxygen atoms in total. The van der Waals surface area contributed by atoms with Gasteiger partial charge in [-0.25, -0.2) is 0 Å². The van der Waals surface area contributed by atoms with Crippen LogP contribution in [0.15, 0.2) is 0 Å². The lowest BCUT2D eigenvalue weighted by atomic mass is 9.66. The molecule has 1 aliphatic rings. The zero-order chi connectivity index (χ0) is 10.8. The van der Waals surface area contributed by atoms with Crippen LogP contribution in [0.1, 0.15) is 39.5 Å². The topological polar surface area (TPSA) is 43.4 Å². The Hall–Kier alpha value is -0.860. The molecule has 0 radical (unpaired) electrons. The number of carbonyl (C=O) groups is 2. The second-order valence-corrected chi connectivity index (χ2v) is 4.68. The largest absolute Gasteiger partial charge is 0.469 e. The van der Waals surface area contributed by atoms with E-state index < -0.39 is 5.41 Å². The lowest BCUT2D eigenvalue weighted by Gasteiger charge is -2.37. The van der Waals surface area contributed by atoms with Gasteiger partial charge in [0.2, 0.25) is 0 Å². The van der Waals surface area contributed by atoms with Crippen molar-refractivity contribution in [3.63, 3.8) is 0 Å². The molecule has 1 fully saturated rings. The van der Waals surface area contributed by atoms with Crippen molar-refractivity contribution >= 4 is 12.3 Å². The summed E-state index contributed by atoms with van der Waals surface area (Å²) in [6.07, 6.45) is 3.87. The van der Waals surface area contributed by atoms with Gasteiger partial charge in [-0.05, 0) is 18.3 Å². The maximum Gasteiger partial charge on any atom is 0.312 e. The van der Waals surface area contributed by atoms with Gasteiger partial charge in [-0.15, -0.1) is 0 Å². The molecule has 80 valence electrons. The van der Waals surface area contributed by atoms with Crippen molar-refractivity contribution in [3.05, 3.63) is 0 Å². The van der Waals surface area contributed by atoms with Gasteiger partial charge in [0.1, 0.15) is 6.29 Å². The minimum Gasteiger partial charge on any atom is -0.469 e. The van der Waals surface area contributed by atoms with Crippen molar-refractivity contribution < 1.29 is 14.3 Å². The molecule has 1 atom stereocenters. The van der Waals surface area contributed by atoms with E-state index >= 15 is 0 Å². The third kappa shape index (κ3) is 1.45. The average Bonchev–Trinajstić information content (AvgIpc) is 2.42. The maximum absolute atomic E-state index is 11.8. The molecular formula is C11H18O3. The van der Waals surface area contributed by atoms with Gasteiger partial charge < -0.3 is 9.53 Å². The second-order valence-electron chi connectivity index (χ2n) is 4.68. The molecule has 0 heterocycles. The smallest absolute Gasteiger partial charge is 0.312 e. The highest BCUT2D eigenvalue weighted by Gasteiger charge is 2.54. The highest BCUT2D eigenvalue weighted by molar-refractivity contribution is 5.81. The van der Waals surface area contributed by atoms with Crippen LogP contribution in [0.25, 0.3) is 0 Å². The summed E-state index contributed by atoms with van der Waals surface area (Å²) in [6, 6.07) is 0. The van der Waals surface area contributed by atoms with Gasteiger partial charge in [0.25, 0.3) is 0 Å². The lowest BCUT2D eigenvalue weighted by molar-refractivity contribution is -0.160. The number of ether oxygens (including phenoxy) is 1. The van der Waals surface area contributed by atoms with Crippen LogP contribution in [0.3, 0.4) is 0 Å². The van der Waals surface area contributed by atoms with Gasteiger partial charge in [0.05, 0.1) is 12.5 Å². The molecular weight excluding hydrogens is 180 g/mol. The van der Waals surface area contributed by atoms with Crippen LogP contribution in [0.5, 0.6) is 0 Å². The third-order valence-electron chi connectivity index (χ3n) is 3.71. The van der Waals surface area contributed by atoms with Gasteiger partial charge in [-0.3, -0.25) is 4.79 Å². The maximum atomic E-state index is 11.8. The predicted molar refractivity (Wildman–Crippen MR) is 52.8 cm³/mol. The van der Waals surface area contributed by atoms with Crippen LogP contribution in [-0.4, -0.2) is 19.4 Å². The van der Waals surface area contributed by atoms with Crippen LogP contribution in [0.2, 0.25) is 0 Å². The molecule has 0 bridgehead atoms. The molecule has 0 aromatic rings. The van der Waals surface area contributed by atoms with E-state index in [2.05, 4.69) is 0 Å². The standard InChI is InChI=1S/C11H18O3/c1-10(2)5-4-6-11(10,7-8-12)9(13)14-3/h8H,4-7H2,1-3H3. The summed E-state index contributed by atoms with van der Waals surface area (Å²) in [5.74, 6) is -0.230. The molecule has 0 N–H and O–H groups in total. The van der Waals surface area contributed by atoms with Crippen LogP contribution in [0.4, 0.5) is 0 Å². The number of methoxy groups -OCH3 is 1. The first kappa shape index (κ1) is 11.2. The molecule has 1 aliphatic carbocycles. The predicted octanol–water partition coefficient (Wildman–Crippen LogP) is 1.94. The SMILES string of the molecule is COC(=O)C1(CC=O)CCCC1(C)C. The van der Waals surface area contributed by atoms with Gasteiger partial charge in [0, 0.05) is 6.42 Å². The van der Waals surface area contributed by atoms with Crippen molar-refractivity contribution in [2.24, 2.45) is 10.8 Å². The molecule has 1 saturated carbocycles. The number of aldehydes is 1. The quantitative estimate of drug-likeness (QED) is 0.514. The zero-order valence-corrected chi connectivity index (χ0v) is 9.13. The molecule has 0 amide bonds. The van der Waals surface area contributed by atoms with Crippen molar-refractivity contribution in [2.75, 3.05) is 7.11 Å². The Morgan fingerprint density at radius 3 is 2.43 bits per heavy atom. The number of carbonyl (C=O) groups excluding carboxylic acids is 2. The Morgan fingerprint density at radius 1 is 1.43 bits per heavy atom. The number of esters is 1. The van der Waals surface area contributed by atoms with Gasteiger partial charge in [-0.1, -0.05) is 20.3 Å². The average molecular weight is 198 g/mol. The summed E-state index contributed by atoms with van der Waals surface area (Å²) >= 11 is 0. The molecule has 14 heavy (non-hydrogen) atoms. The fourth-order valence-electron chi connectivity index (χ4n) is 2.59. The molecule has 1 unspecified atom stereocenters. The molecule has 0 saturated heterocycles. The highest BCUT2D eigenvalue weighted by atomic mass is 16.5. The summed E-state index contributed by atoms with van der Waals surface area (Å²) < 4.78 is 4.83. The van der Waals surface area contributed by atoms with Crippen molar-refractivity contribution in [1.29, 1.82) is 0 Å². The second kappa shape index (κ2) is 3.71. The van der Waals surface area contributed by atoms with Gasteiger partial charge in [-0.2, -0.15) is 0 Å². The van der Waals surface area contributed by atoms with Gasteiger partial charge >= 0.3 is 5.97 Å². The summed E-state index contributed by atoms with van der Waals surface area (Å²) in [7, 11) is 1.39. The number of hydrogen-bond donors (Lipinski definition) is 0. The van der Waals surface area contributed by atoms with Crippen LogP contribution < -0.4 is 0 Å². The van der Waals surface area contributed by atoms with Crippen molar-refractivity contribution in [1.82, 2.24) is 0 Å². The first-order valence-electron chi connectivity index (χ1n) is 5.02. The number of hydrogen-bond acceptors (Lipinski definition) is 3. The van der Waals surface area contributed by atoms with Crippen LogP contribution >= 0.6 is 0 Å². The number of rotatable bonds is 3. The van der Waals surface area contributed by atoms with E-state index in [1.54, 1.807) is 0 Å². The minimum absolute atomic E-state index is 0.124. The lowest BCUT2D eigenvalue weighted by Crippen LogP contribution is -2.41. The fraction of sp³-hybridized carbons (Fsp3) is 0.818. The van der Waals surface area contributed by atoms with Crippen LogP contribution in [-0.2, 0) is 14.3 Å². The van der Waals surface area contributed by atoms with E-state index in [9.17, 15) is 9.59 Å². The summed E-state index contributed by atoms with van der Waals surface area (Å²) in [5.41, 5.74) is -0.704. The Labute approximate surface area is 84.8 Å². The van der Waals surface area contributed by atoms with E-state index in [-0.39, 0.29) is 17.8 Å². The fourth-order valence-corrected chi connectivity index (χ4v) is 2.59. The van der Waals surface area contributed by atoms with E-state index in [1.165, 1.54) is 7.11 Å².